The summed E-state index contributed by atoms with van der Waals surface area (Å²) >= 11 is 0. The lowest BCUT2D eigenvalue weighted by Gasteiger charge is -2.32. The Kier molecular flexibility index (Phi) is 5.57. The van der Waals surface area contributed by atoms with Gasteiger partial charge in [-0.3, -0.25) is 14.5 Å². The normalized spacial score (nSPS) is 27.9. The molecule has 116 valence electrons. The number of carbonyl (C=O) groups excluding carboxylic acids is 1. The highest BCUT2D eigenvalue weighted by atomic mass is 16.4. The molecule has 1 saturated heterocycles. The van der Waals surface area contributed by atoms with Gasteiger partial charge in [0.2, 0.25) is 5.91 Å². The van der Waals surface area contributed by atoms with Gasteiger partial charge in [-0.05, 0) is 47.0 Å². The number of carboxylic acid groups (broad SMARTS) is 1. The second-order valence-corrected chi connectivity index (χ2v) is 6.34. The third-order valence-electron chi connectivity index (χ3n) is 4.80. The maximum Gasteiger partial charge on any atom is 0.311 e. The van der Waals surface area contributed by atoms with E-state index in [2.05, 4.69) is 24.1 Å². The minimum Gasteiger partial charge on any atom is -0.481 e. The second kappa shape index (κ2) is 6.57. The number of aliphatic carboxylic acids is 1. The smallest absolute Gasteiger partial charge is 0.311 e. The summed E-state index contributed by atoms with van der Waals surface area (Å²) in [5.74, 6) is -0.942. The van der Waals surface area contributed by atoms with Gasteiger partial charge in [0.05, 0.1) is 11.5 Å². The average molecular weight is 284 g/mol. The SMILES string of the molecule is CCC(C)(CNC(=O)C(C)N1C(C)CCC1C)C(=O)O. The van der Waals surface area contributed by atoms with Crippen molar-refractivity contribution in [3.8, 4) is 0 Å². The third-order valence-corrected chi connectivity index (χ3v) is 4.80. The standard InChI is InChI=1S/C15H28N2O3/c1-6-15(5,14(19)20)9-16-13(18)12(4)17-10(2)7-8-11(17)3/h10-12H,6-9H2,1-5H3,(H,16,18)(H,19,20). The molecular formula is C15H28N2O3. The first-order chi connectivity index (χ1) is 9.23. The minimum absolute atomic E-state index is 0.0773. The van der Waals surface area contributed by atoms with Crippen molar-refractivity contribution in [1.29, 1.82) is 0 Å². The first-order valence-electron chi connectivity index (χ1n) is 7.51. The molecule has 5 nitrogen and oxygen atoms in total. The van der Waals surface area contributed by atoms with Crippen molar-refractivity contribution in [3.63, 3.8) is 0 Å². The van der Waals surface area contributed by atoms with Crippen LogP contribution in [0.4, 0.5) is 0 Å². The molecule has 1 rings (SSSR count). The van der Waals surface area contributed by atoms with Crippen molar-refractivity contribution in [2.24, 2.45) is 5.41 Å². The van der Waals surface area contributed by atoms with Crippen molar-refractivity contribution in [1.82, 2.24) is 10.2 Å². The second-order valence-electron chi connectivity index (χ2n) is 6.34. The number of carboxylic acids is 1. The highest BCUT2D eigenvalue weighted by Crippen LogP contribution is 2.26. The molecule has 1 amide bonds. The lowest BCUT2D eigenvalue weighted by atomic mass is 9.87. The molecule has 1 fully saturated rings. The third kappa shape index (κ3) is 3.51. The van der Waals surface area contributed by atoms with Crippen LogP contribution in [0.5, 0.6) is 0 Å². The minimum atomic E-state index is -0.891. The molecule has 5 heteroatoms. The number of nitrogens with one attached hydrogen (secondary N) is 1. The summed E-state index contributed by atoms with van der Waals surface area (Å²) in [7, 11) is 0. The van der Waals surface area contributed by atoms with Gasteiger partial charge in [0, 0.05) is 18.6 Å². The first-order valence-corrected chi connectivity index (χ1v) is 7.51. The van der Waals surface area contributed by atoms with Crippen LogP contribution in [0.15, 0.2) is 0 Å². The van der Waals surface area contributed by atoms with Crippen molar-refractivity contribution in [2.75, 3.05) is 6.54 Å². The number of nitrogens with zero attached hydrogens (tertiary/aromatic N) is 1. The maximum absolute atomic E-state index is 12.3. The highest BCUT2D eigenvalue weighted by Gasteiger charge is 2.36. The largest absolute Gasteiger partial charge is 0.481 e. The van der Waals surface area contributed by atoms with E-state index >= 15 is 0 Å². The summed E-state index contributed by atoms with van der Waals surface area (Å²) < 4.78 is 0. The lowest BCUT2D eigenvalue weighted by molar-refractivity contribution is -0.148. The van der Waals surface area contributed by atoms with E-state index in [1.54, 1.807) is 6.92 Å². The summed E-state index contributed by atoms with van der Waals surface area (Å²) in [6.45, 7) is 9.85. The molecule has 0 aliphatic carbocycles. The predicted molar refractivity (Wildman–Crippen MR) is 78.5 cm³/mol. The van der Waals surface area contributed by atoms with E-state index in [9.17, 15) is 14.7 Å². The number of carbonyl (C=O) groups is 2. The van der Waals surface area contributed by atoms with E-state index < -0.39 is 11.4 Å². The van der Waals surface area contributed by atoms with Crippen LogP contribution < -0.4 is 5.32 Å². The molecule has 1 aliphatic heterocycles. The van der Waals surface area contributed by atoms with Crippen LogP contribution in [-0.2, 0) is 9.59 Å². The van der Waals surface area contributed by atoms with E-state index in [0.717, 1.165) is 12.8 Å². The Morgan fingerprint density at radius 1 is 1.35 bits per heavy atom. The van der Waals surface area contributed by atoms with E-state index in [1.165, 1.54) is 0 Å². The molecular weight excluding hydrogens is 256 g/mol. The molecule has 1 heterocycles. The molecule has 0 bridgehead atoms. The zero-order valence-corrected chi connectivity index (χ0v) is 13.3. The number of likely N-dealkylation sites (tertiary alicyclic amines) is 1. The van der Waals surface area contributed by atoms with Gasteiger partial charge in [0.1, 0.15) is 0 Å². The monoisotopic (exact) mass is 284 g/mol. The van der Waals surface area contributed by atoms with Gasteiger partial charge in [0.15, 0.2) is 0 Å². The Bertz CT molecular complexity index is 362. The van der Waals surface area contributed by atoms with Gasteiger partial charge in [-0.2, -0.15) is 0 Å². The molecule has 4 unspecified atom stereocenters. The van der Waals surface area contributed by atoms with Gasteiger partial charge < -0.3 is 10.4 Å². The van der Waals surface area contributed by atoms with Gasteiger partial charge in [-0.25, -0.2) is 0 Å². The maximum atomic E-state index is 12.3. The fraction of sp³-hybridized carbons (Fsp3) is 0.867. The van der Waals surface area contributed by atoms with Crippen LogP contribution in [0.3, 0.4) is 0 Å². The summed E-state index contributed by atoms with van der Waals surface area (Å²) in [5.41, 5.74) is -0.891. The molecule has 1 aliphatic rings. The Balaban J connectivity index is 2.60. The summed E-state index contributed by atoms with van der Waals surface area (Å²) in [5, 5.41) is 12.0. The van der Waals surface area contributed by atoms with Crippen molar-refractivity contribution >= 4 is 11.9 Å². The molecule has 0 spiro atoms. The predicted octanol–water partition coefficient (Wildman–Crippen LogP) is 1.86. The van der Waals surface area contributed by atoms with E-state index in [0.29, 0.717) is 18.5 Å². The number of amides is 1. The summed E-state index contributed by atoms with van der Waals surface area (Å²) in [6.07, 6.45) is 2.72. The van der Waals surface area contributed by atoms with Crippen LogP contribution in [0, 0.1) is 5.41 Å². The van der Waals surface area contributed by atoms with Crippen LogP contribution >= 0.6 is 0 Å². The van der Waals surface area contributed by atoms with Crippen LogP contribution in [0.1, 0.15) is 53.9 Å². The zero-order valence-electron chi connectivity index (χ0n) is 13.3. The van der Waals surface area contributed by atoms with Crippen molar-refractivity contribution in [2.45, 2.75) is 72.0 Å². The van der Waals surface area contributed by atoms with Gasteiger partial charge in [-0.15, -0.1) is 0 Å². The Labute approximate surface area is 121 Å². The number of rotatable bonds is 6. The fourth-order valence-corrected chi connectivity index (χ4v) is 2.90. The van der Waals surface area contributed by atoms with Crippen molar-refractivity contribution < 1.29 is 14.7 Å². The molecule has 0 aromatic carbocycles. The topological polar surface area (TPSA) is 69.6 Å². The summed E-state index contributed by atoms with van der Waals surface area (Å²) in [6, 6.07) is 0.600. The van der Waals surface area contributed by atoms with Gasteiger partial charge >= 0.3 is 5.97 Å². The zero-order chi connectivity index (χ0) is 15.5. The molecule has 0 aromatic heterocycles. The van der Waals surface area contributed by atoms with E-state index in [1.807, 2.05) is 13.8 Å². The molecule has 0 aromatic rings. The Hall–Kier alpha value is -1.10. The quantitative estimate of drug-likeness (QED) is 0.781. The fourth-order valence-electron chi connectivity index (χ4n) is 2.90. The van der Waals surface area contributed by atoms with Crippen LogP contribution in [0.25, 0.3) is 0 Å². The lowest BCUT2D eigenvalue weighted by Crippen LogP contribution is -2.51. The first kappa shape index (κ1) is 17.0. The number of hydrogen-bond acceptors (Lipinski definition) is 3. The number of hydrogen-bond donors (Lipinski definition) is 2. The van der Waals surface area contributed by atoms with E-state index in [-0.39, 0.29) is 18.5 Å². The van der Waals surface area contributed by atoms with Crippen LogP contribution in [-0.4, -0.2) is 46.6 Å². The molecule has 0 radical (unpaired) electrons. The Morgan fingerprint density at radius 3 is 2.25 bits per heavy atom. The summed E-state index contributed by atoms with van der Waals surface area (Å²) in [4.78, 5) is 25.7. The molecule has 20 heavy (non-hydrogen) atoms. The van der Waals surface area contributed by atoms with Gasteiger partial charge in [0.25, 0.3) is 0 Å². The molecule has 4 atom stereocenters. The van der Waals surface area contributed by atoms with E-state index in [4.69, 9.17) is 0 Å². The Morgan fingerprint density at radius 2 is 1.85 bits per heavy atom. The van der Waals surface area contributed by atoms with Gasteiger partial charge in [-0.1, -0.05) is 6.92 Å². The molecule has 0 saturated carbocycles. The van der Waals surface area contributed by atoms with Crippen molar-refractivity contribution in [3.05, 3.63) is 0 Å². The van der Waals surface area contributed by atoms with Crippen LogP contribution in [0.2, 0.25) is 0 Å². The highest BCUT2D eigenvalue weighted by molar-refractivity contribution is 5.82. The average Bonchev–Trinajstić information content (AvgIpc) is 2.74. The molecule has 2 N–H and O–H groups in total.